The summed E-state index contributed by atoms with van der Waals surface area (Å²) in [5, 5.41) is 4.63. The van der Waals surface area contributed by atoms with E-state index < -0.39 is 5.66 Å². The summed E-state index contributed by atoms with van der Waals surface area (Å²) in [5.74, 6) is -0.238. The molecule has 0 aliphatic rings. The van der Waals surface area contributed by atoms with Crippen LogP contribution in [0.2, 0.25) is 0 Å². The fourth-order valence-corrected chi connectivity index (χ4v) is 3.88. The lowest BCUT2D eigenvalue weighted by Gasteiger charge is -2.14. The highest BCUT2D eigenvalue weighted by molar-refractivity contribution is 7.17. The number of nitrogens with one attached hydrogen (secondary N) is 1. The van der Waals surface area contributed by atoms with Crippen molar-refractivity contribution in [2.24, 2.45) is 0 Å². The van der Waals surface area contributed by atoms with Crippen molar-refractivity contribution in [1.82, 2.24) is 0 Å². The normalized spacial score (nSPS) is 11.6. The van der Waals surface area contributed by atoms with Crippen molar-refractivity contribution in [2.45, 2.75) is 45.7 Å². The van der Waals surface area contributed by atoms with E-state index in [1.807, 2.05) is 5.38 Å². The number of rotatable bonds is 6. The molecule has 0 aliphatic carbocycles. The fourth-order valence-electron chi connectivity index (χ4n) is 2.68. The van der Waals surface area contributed by atoms with Gasteiger partial charge < -0.3 is 5.32 Å². The first-order valence-corrected chi connectivity index (χ1v) is 9.41. The van der Waals surface area contributed by atoms with Gasteiger partial charge in [0.05, 0.1) is 5.56 Å². The summed E-state index contributed by atoms with van der Waals surface area (Å²) in [4.78, 5) is 13.8. The van der Waals surface area contributed by atoms with Crippen LogP contribution in [0.4, 0.5) is 14.5 Å². The molecule has 1 amide bonds. The second-order valence-electron chi connectivity index (χ2n) is 5.82. The number of aryl methyl sites for hydroxylation is 2. The van der Waals surface area contributed by atoms with Crippen LogP contribution >= 0.6 is 20.6 Å². The Bertz CT molecular complexity index is 737. The maximum atomic E-state index is 13.5. The van der Waals surface area contributed by atoms with E-state index in [0.29, 0.717) is 16.8 Å². The summed E-state index contributed by atoms with van der Waals surface area (Å²) in [6.07, 6.45) is 2.69. The Labute approximate surface area is 147 Å². The number of hydrogen-bond acceptors (Lipinski definition) is 2. The summed E-state index contributed by atoms with van der Waals surface area (Å²) in [7, 11) is 1.53. The molecule has 0 radical (unpaired) electrons. The molecule has 6 heteroatoms. The number of carbonyl (C=O) groups is 1. The van der Waals surface area contributed by atoms with E-state index in [2.05, 4.69) is 19.2 Å². The number of thiophene rings is 1. The molecule has 2 nitrogen and oxygen atoms in total. The zero-order valence-electron chi connectivity index (χ0n) is 14.1. The molecule has 1 unspecified atom stereocenters. The third-order valence-electron chi connectivity index (χ3n) is 3.77. The van der Waals surface area contributed by atoms with Crippen molar-refractivity contribution in [2.75, 3.05) is 5.32 Å². The van der Waals surface area contributed by atoms with Gasteiger partial charge in [-0.15, -0.1) is 11.3 Å². The first-order chi connectivity index (χ1) is 11.3. The molecule has 0 spiro atoms. The van der Waals surface area contributed by atoms with Gasteiger partial charge in [-0.1, -0.05) is 29.5 Å². The van der Waals surface area contributed by atoms with E-state index in [4.69, 9.17) is 0 Å². The largest absolute Gasteiger partial charge is 0.322 e. The maximum Gasteiger partial charge on any atom is 0.283 e. The zero-order chi connectivity index (χ0) is 17.9. The minimum Gasteiger partial charge on any atom is -0.322 e. The van der Waals surface area contributed by atoms with Crippen LogP contribution in [0.15, 0.2) is 23.6 Å². The Morgan fingerprint density at radius 3 is 2.58 bits per heavy atom. The monoisotopic (exact) mass is 369 g/mol. The van der Waals surface area contributed by atoms with Gasteiger partial charge in [-0.2, -0.15) is 8.78 Å². The lowest BCUT2D eigenvalue weighted by molar-refractivity contribution is 0.101. The van der Waals surface area contributed by atoms with E-state index in [-0.39, 0.29) is 11.5 Å². The molecule has 0 fully saturated rings. The highest BCUT2D eigenvalue weighted by Crippen LogP contribution is 2.36. The SMILES string of the molecule is CCCc1c(C(=O)Nc2cc(C)cc(C(F)(F)P)c2)csc1CC. The number of halogens is 2. The smallest absolute Gasteiger partial charge is 0.283 e. The van der Waals surface area contributed by atoms with E-state index in [0.717, 1.165) is 24.8 Å². The number of amides is 1. The van der Waals surface area contributed by atoms with Crippen LogP contribution in [-0.4, -0.2) is 5.91 Å². The van der Waals surface area contributed by atoms with Crippen LogP contribution in [0, 0.1) is 6.92 Å². The molecule has 2 rings (SSSR count). The zero-order valence-corrected chi connectivity index (χ0v) is 16.1. The molecule has 1 heterocycles. The molecular weight excluding hydrogens is 347 g/mol. The van der Waals surface area contributed by atoms with Crippen molar-refractivity contribution >= 4 is 32.2 Å². The molecule has 0 saturated heterocycles. The lowest BCUT2D eigenvalue weighted by Crippen LogP contribution is -2.14. The average molecular weight is 369 g/mol. The average Bonchev–Trinajstić information content (AvgIpc) is 2.89. The van der Waals surface area contributed by atoms with Gasteiger partial charge >= 0.3 is 0 Å². The minimum absolute atomic E-state index is 0.129. The third-order valence-corrected chi connectivity index (χ3v) is 5.27. The van der Waals surface area contributed by atoms with Gasteiger partial charge in [0.25, 0.3) is 11.6 Å². The Balaban J connectivity index is 2.30. The van der Waals surface area contributed by atoms with E-state index in [9.17, 15) is 13.6 Å². The highest BCUT2D eigenvalue weighted by atomic mass is 32.1. The standard InChI is InChI=1S/C18H22F2NOPS/c1-4-6-14-15(10-24-16(14)5-2)17(22)21-13-8-11(3)7-12(9-13)18(19,20)23/h7-10H,4-6,23H2,1-3H3,(H,21,22). The number of benzene rings is 1. The molecule has 24 heavy (non-hydrogen) atoms. The third kappa shape index (κ3) is 4.40. The lowest BCUT2D eigenvalue weighted by atomic mass is 10.0. The molecule has 130 valence electrons. The quantitative estimate of drug-likeness (QED) is 0.646. The molecule has 1 aromatic carbocycles. The van der Waals surface area contributed by atoms with Crippen LogP contribution in [0.1, 0.15) is 52.2 Å². The van der Waals surface area contributed by atoms with Gasteiger partial charge in [-0.25, -0.2) is 0 Å². The Morgan fingerprint density at radius 1 is 1.29 bits per heavy atom. The number of alkyl halides is 2. The van der Waals surface area contributed by atoms with Crippen molar-refractivity contribution in [1.29, 1.82) is 0 Å². The Morgan fingerprint density at radius 2 is 2.00 bits per heavy atom. The molecule has 1 aromatic heterocycles. The summed E-state index contributed by atoms with van der Waals surface area (Å²) in [6.45, 7) is 5.88. The molecule has 2 aromatic rings. The number of anilines is 1. The van der Waals surface area contributed by atoms with Crippen LogP contribution in [0.3, 0.4) is 0 Å². The molecule has 0 bridgehead atoms. The molecule has 1 N–H and O–H groups in total. The molecule has 1 atom stereocenters. The van der Waals surface area contributed by atoms with Crippen LogP contribution < -0.4 is 5.32 Å². The van der Waals surface area contributed by atoms with Crippen molar-refractivity contribution in [3.8, 4) is 0 Å². The number of carbonyl (C=O) groups excluding carboxylic acids is 1. The first kappa shape index (κ1) is 19.0. The van der Waals surface area contributed by atoms with Crippen molar-refractivity contribution < 1.29 is 13.6 Å². The van der Waals surface area contributed by atoms with Crippen molar-refractivity contribution in [3.05, 3.63) is 50.7 Å². The molecule has 0 aliphatic heterocycles. The number of hydrogen-bond donors (Lipinski definition) is 1. The predicted molar refractivity (Wildman–Crippen MR) is 100 cm³/mol. The first-order valence-electron chi connectivity index (χ1n) is 7.95. The van der Waals surface area contributed by atoms with Gasteiger partial charge in [0, 0.05) is 21.5 Å². The van der Waals surface area contributed by atoms with E-state index >= 15 is 0 Å². The van der Waals surface area contributed by atoms with Crippen LogP contribution in [0.5, 0.6) is 0 Å². The van der Waals surface area contributed by atoms with Gasteiger partial charge in [-0.05, 0) is 49.1 Å². The van der Waals surface area contributed by atoms with Gasteiger partial charge in [0.1, 0.15) is 0 Å². The van der Waals surface area contributed by atoms with Gasteiger partial charge in [-0.3, -0.25) is 4.79 Å². The van der Waals surface area contributed by atoms with E-state index in [1.165, 1.54) is 26.2 Å². The van der Waals surface area contributed by atoms with Crippen LogP contribution in [-0.2, 0) is 18.5 Å². The van der Waals surface area contributed by atoms with Gasteiger partial charge in [0.2, 0.25) is 0 Å². The molecular formula is C18H22F2NOPS. The highest BCUT2D eigenvalue weighted by Gasteiger charge is 2.25. The molecule has 0 saturated carbocycles. The summed E-state index contributed by atoms with van der Waals surface area (Å²) in [6, 6.07) is 4.44. The second-order valence-corrected chi connectivity index (χ2v) is 7.51. The van der Waals surface area contributed by atoms with E-state index in [1.54, 1.807) is 24.3 Å². The summed E-state index contributed by atoms with van der Waals surface area (Å²) >= 11 is 1.58. The Kier molecular flexibility index (Phi) is 6.11. The topological polar surface area (TPSA) is 29.1 Å². The van der Waals surface area contributed by atoms with Crippen LogP contribution in [0.25, 0.3) is 0 Å². The summed E-state index contributed by atoms with van der Waals surface area (Å²) in [5.41, 5.74) is -0.347. The summed E-state index contributed by atoms with van der Waals surface area (Å²) < 4.78 is 27.1. The second kappa shape index (κ2) is 7.71. The van der Waals surface area contributed by atoms with Crippen molar-refractivity contribution in [3.63, 3.8) is 0 Å². The predicted octanol–water partition coefficient (Wildman–Crippen LogP) is 5.75. The minimum atomic E-state index is -3.02. The van der Waals surface area contributed by atoms with Gasteiger partial charge in [0.15, 0.2) is 0 Å². The fraction of sp³-hybridized carbons (Fsp3) is 0.389. The Hall–Kier alpha value is -1.32. The maximum absolute atomic E-state index is 13.5.